The summed E-state index contributed by atoms with van der Waals surface area (Å²) in [4.78, 5) is 0. The molecule has 0 unspecified atom stereocenters. The van der Waals surface area contributed by atoms with E-state index in [9.17, 15) is 0 Å². The molecule has 0 amide bonds. The zero-order chi connectivity index (χ0) is 12.5. The van der Waals surface area contributed by atoms with E-state index in [4.69, 9.17) is 4.42 Å². The third kappa shape index (κ3) is 2.10. The fourth-order valence-electron chi connectivity index (χ4n) is 2.50. The highest BCUT2D eigenvalue weighted by Crippen LogP contribution is 2.31. The van der Waals surface area contributed by atoms with Crippen molar-refractivity contribution in [1.29, 1.82) is 0 Å². The Morgan fingerprint density at radius 2 is 2.17 bits per heavy atom. The molecular weight excluding hydrogens is 226 g/mol. The van der Waals surface area contributed by atoms with Gasteiger partial charge < -0.3 is 9.73 Å². The second-order valence-electron chi connectivity index (χ2n) is 5.19. The van der Waals surface area contributed by atoms with Crippen molar-refractivity contribution >= 4 is 5.69 Å². The standard InChI is InChI=1S/C14H17N3O/c1-9-5-12(6-9)16-13-4-3-11(7-10(13)2)14-17-15-8-18-14/h3-4,7-9,12,16H,5-6H2,1-2H3. The largest absolute Gasteiger partial charge is 0.423 e. The number of benzene rings is 1. The van der Waals surface area contributed by atoms with Gasteiger partial charge in [-0.2, -0.15) is 0 Å². The van der Waals surface area contributed by atoms with E-state index < -0.39 is 0 Å². The lowest BCUT2D eigenvalue weighted by Gasteiger charge is -2.34. The minimum Gasteiger partial charge on any atom is -0.423 e. The molecule has 0 bridgehead atoms. The van der Waals surface area contributed by atoms with Crippen molar-refractivity contribution in [3.63, 3.8) is 0 Å². The van der Waals surface area contributed by atoms with Crippen molar-refractivity contribution in [3.8, 4) is 11.5 Å². The first-order valence-corrected chi connectivity index (χ1v) is 6.36. The van der Waals surface area contributed by atoms with Crippen LogP contribution in [0.5, 0.6) is 0 Å². The van der Waals surface area contributed by atoms with E-state index in [1.165, 1.54) is 30.5 Å². The zero-order valence-electron chi connectivity index (χ0n) is 10.7. The molecule has 4 heteroatoms. The minimum absolute atomic E-state index is 0.571. The Morgan fingerprint density at radius 1 is 1.33 bits per heavy atom. The van der Waals surface area contributed by atoms with Gasteiger partial charge in [-0.1, -0.05) is 6.92 Å². The predicted octanol–water partition coefficient (Wildman–Crippen LogP) is 3.26. The summed E-state index contributed by atoms with van der Waals surface area (Å²) in [6.45, 7) is 4.40. The Kier molecular flexibility index (Phi) is 2.78. The number of hydrogen-bond donors (Lipinski definition) is 1. The maximum atomic E-state index is 5.20. The molecule has 4 nitrogen and oxygen atoms in total. The summed E-state index contributed by atoms with van der Waals surface area (Å²) >= 11 is 0. The van der Waals surface area contributed by atoms with Crippen LogP contribution in [0.15, 0.2) is 29.0 Å². The highest BCUT2D eigenvalue weighted by atomic mass is 16.4. The van der Waals surface area contributed by atoms with Crippen LogP contribution in [0, 0.1) is 12.8 Å². The van der Waals surface area contributed by atoms with Crippen molar-refractivity contribution in [2.45, 2.75) is 32.7 Å². The van der Waals surface area contributed by atoms with Crippen molar-refractivity contribution in [2.24, 2.45) is 5.92 Å². The van der Waals surface area contributed by atoms with Crippen LogP contribution in [0.2, 0.25) is 0 Å². The Labute approximate surface area is 106 Å². The zero-order valence-corrected chi connectivity index (χ0v) is 10.7. The van der Waals surface area contributed by atoms with E-state index >= 15 is 0 Å². The Hall–Kier alpha value is -1.84. The fraction of sp³-hybridized carbons (Fsp3) is 0.429. The van der Waals surface area contributed by atoms with E-state index in [-0.39, 0.29) is 0 Å². The van der Waals surface area contributed by atoms with Crippen LogP contribution >= 0.6 is 0 Å². The van der Waals surface area contributed by atoms with Gasteiger partial charge in [0.2, 0.25) is 12.3 Å². The Morgan fingerprint density at radius 3 is 2.78 bits per heavy atom. The molecule has 1 aromatic heterocycles. The quantitative estimate of drug-likeness (QED) is 0.899. The molecule has 1 heterocycles. The minimum atomic E-state index is 0.571. The molecule has 1 aliphatic rings. The summed E-state index contributed by atoms with van der Waals surface area (Å²) in [6, 6.07) is 6.83. The molecular formula is C14H17N3O. The molecule has 0 spiro atoms. The lowest BCUT2D eigenvalue weighted by molar-refractivity contribution is 0.309. The van der Waals surface area contributed by atoms with Gasteiger partial charge in [0.05, 0.1) is 0 Å². The lowest BCUT2D eigenvalue weighted by Crippen LogP contribution is -2.33. The number of nitrogens with one attached hydrogen (secondary N) is 1. The first kappa shape index (κ1) is 11.3. The van der Waals surface area contributed by atoms with Crippen LogP contribution in [-0.2, 0) is 0 Å². The molecule has 0 radical (unpaired) electrons. The maximum Gasteiger partial charge on any atom is 0.247 e. The van der Waals surface area contributed by atoms with Gasteiger partial charge in [0.15, 0.2) is 0 Å². The normalized spacial score (nSPS) is 22.6. The van der Waals surface area contributed by atoms with Crippen LogP contribution < -0.4 is 5.32 Å². The monoisotopic (exact) mass is 243 g/mol. The van der Waals surface area contributed by atoms with E-state index in [1.807, 2.05) is 6.07 Å². The smallest absolute Gasteiger partial charge is 0.247 e. The third-order valence-corrected chi connectivity index (χ3v) is 3.57. The van der Waals surface area contributed by atoms with Gasteiger partial charge in [0.25, 0.3) is 0 Å². The second kappa shape index (κ2) is 4.44. The van der Waals surface area contributed by atoms with E-state index in [2.05, 4.69) is 41.5 Å². The number of anilines is 1. The highest BCUT2D eigenvalue weighted by molar-refractivity contribution is 5.62. The molecule has 0 saturated heterocycles. The van der Waals surface area contributed by atoms with Gasteiger partial charge in [-0.15, -0.1) is 10.2 Å². The summed E-state index contributed by atoms with van der Waals surface area (Å²) in [5, 5.41) is 11.2. The molecule has 1 fully saturated rings. The molecule has 1 N–H and O–H groups in total. The number of aromatic nitrogens is 2. The summed E-state index contributed by atoms with van der Waals surface area (Å²) < 4.78 is 5.20. The first-order valence-electron chi connectivity index (χ1n) is 6.36. The van der Waals surface area contributed by atoms with Gasteiger partial charge in [-0.25, -0.2) is 0 Å². The highest BCUT2D eigenvalue weighted by Gasteiger charge is 2.25. The lowest BCUT2D eigenvalue weighted by atomic mass is 9.81. The molecule has 0 atom stereocenters. The van der Waals surface area contributed by atoms with Crippen LogP contribution in [0.3, 0.4) is 0 Å². The van der Waals surface area contributed by atoms with Gasteiger partial charge in [-0.3, -0.25) is 0 Å². The average molecular weight is 243 g/mol. The predicted molar refractivity (Wildman–Crippen MR) is 70.3 cm³/mol. The summed E-state index contributed by atoms with van der Waals surface area (Å²) in [7, 11) is 0. The van der Waals surface area contributed by atoms with E-state index in [1.54, 1.807) is 0 Å². The molecule has 1 aromatic carbocycles. The molecule has 18 heavy (non-hydrogen) atoms. The first-order chi connectivity index (χ1) is 8.72. The second-order valence-corrected chi connectivity index (χ2v) is 5.19. The van der Waals surface area contributed by atoms with Crippen molar-refractivity contribution in [2.75, 3.05) is 5.32 Å². The van der Waals surface area contributed by atoms with Crippen LogP contribution in [-0.4, -0.2) is 16.2 Å². The number of hydrogen-bond acceptors (Lipinski definition) is 4. The Balaban J connectivity index is 1.77. The molecule has 94 valence electrons. The van der Waals surface area contributed by atoms with Crippen molar-refractivity contribution in [1.82, 2.24) is 10.2 Å². The topological polar surface area (TPSA) is 51.0 Å². The summed E-state index contributed by atoms with van der Waals surface area (Å²) in [5.41, 5.74) is 3.39. The average Bonchev–Trinajstić information content (AvgIpc) is 2.83. The summed E-state index contributed by atoms with van der Waals surface area (Å²) in [6.07, 6.45) is 3.89. The number of rotatable bonds is 3. The van der Waals surface area contributed by atoms with Crippen LogP contribution in [0.1, 0.15) is 25.3 Å². The SMILES string of the molecule is Cc1cc(-c2nnco2)ccc1NC1CC(C)C1. The van der Waals surface area contributed by atoms with Crippen LogP contribution in [0.25, 0.3) is 11.5 Å². The fourth-order valence-corrected chi connectivity index (χ4v) is 2.50. The van der Waals surface area contributed by atoms with Gasteiger partial charge >= 0.3 is 0 Å². The molecule has 0 aliphatic heterocycles. The van der Waals surface area contributed by atoms with E-state index in [0.29, 0.717) is 11.9 Å². The van der Waals surface area contributed by atoms with Crippen molar-refractivity contribution < 1.29 is 4.42 Å². The summed E-state index contributed by atoms with van der Waals surface area (Å²) in [5.74, 6) is 1.43. The van der Waals surface area contributed by atoms with Gasteiger partial charge in [0.1, 0.15) is 0 Å². The van der Waals surface area contributed by atoms with Crippen LogP contribution in [0.4, 0.5) is 5.69 Å². The van der Waals surface area contributed by atoms with Gasteiger partial charge in [-0.05, 0) is 49.4 Å². The third-order valence-electron chi connectivity index (χ3n) is 3.57. The molecule has 1 saturated carbocycles. The number of nitrogens with zero attached hydrogens (tertiary/aromatic N) is 2. The Bertz CT molecular complexity index is 530. The maximum absolute atomic E-state index is 5.20. The van der Waals surface area contributed by atoms with Gasteiger partial charge in [0, 0.05) is 17.3 Å². The van der Waals surface area contributed by atoms with E-state index in [0.717, 1.165) is 11.5 Å². The number of aryl methyl sites for hydroxylation is 1. The van der Waals surface area contributed by atoms with Crippen molar-refractivity contribution in [3.05, 3.63) is 30.2 Å². The molecule has 3 rings (SSSR count). The molecule has 2 aromatic rings. The molecule has 1 aliphatic carbocycles.